The molecule has 4 aliphatic heterocycles. The van der Waals surface area contributed by atoms with Crippen molar-refractivity contribution < 1.29 is 9.47 Å². The minimum Gasteiger partial charge on any atom is -0.458 e. The Morgan fingerprint density at radius 1 is 0.345 bits per heavy atom. The number of fused-ring (bicyclic) bond motifs is 8. The second-order valence-corrected chi connectivity index (χ2v) is 24.9. The lowest BCUT2D eigenvalue weighted by atomic mass is 9.31. The second kappa shape index (κ2) is 22.1. The van der Waals surface area contributed by atoms with Gasteiger partial charge in [0, 0.05) is 87.7 Å². The number of benzene rings is 11. The van der Waals surface area contributed by atoms with Gasteiger partial charge in [-0.2, -0.15) is 0 Å². The van der Waals surface area contributed by atoms with Crippen LogP contribution in [-0.4, -0.2) is 13.4 Å². The van der Waals surface area contributed by atoms with Crippen LogP contribution in [0.25, 0.3) is 0 Å². The Balaban J connectivity index is 0.968. The first-order valence-electron chi connectivity index (χ1n) is 29.5. The number of ether oxygens (including phenoxy) is 2. The van der Waals surface area contributed by atoms with Gasteiger partial charge in [-0.25, -0.2) is 0 Å². The molecule has 0 bridgehead atoms. The van der Waals surface area contributed by atoms with E-state index in [-0.39, 0.29) is 13.4 Å². The van der Waals surface area contributed by atoms with Crippen molar-refractivity contribution in [3.63, 3.8) is 0 Å². The van der Waals surface area contributed by atoms with Crippen LogP contribution in [0.2, 0.25) is 0 Å². The molecule has 0 aliphatic carbocycles. The monoisotopic (exact) mass is 1310 g/mol. The zero-order chi connectivity index (χ0) is 56.4. The first kappa shape index (κ1) is 52.6. The molecule has 84 heavy (non-hydrogen) atoms. The number of aryl methyl sites for hydroxylation is 2. The van der Waals surface area contributed by atoms with E-state index in [1.807, 2.05) is 0 Å². The molecule has 0 aromatic heterocycles. The van der Waals surface area contributed by atoms with Crippen molar-refractivity contribution in [2.45, 2.75) is 52.4 Å². The lowest BCUT2D eigenvalue weighted by Crippen LogP contribution is -2.63. The molecule has 0 atom stereocenters. The third kappa shape index (κ3) is 9.24. The average Bonchev–Trinajstić information content (AvgIpc) is 0.955. The summed E-state index contributed by atoms with van der Waals surface area (Å²) in [7, 11) is 0. The van der Waals surface area contributed by atoms with E-state index in [1.54, 1.807) is 0 Å². The van der Waals surface area contributed by atoms with E-state index in [9.17, 15) is 0 Å². The highest BCUT2D eigenvalue weighted by Crippen LogP contribution is 2.50. The van der Waals surface area contributed by atoms with Gasteiger partial charge in [0.2, 0.25) is 0 Å². The highest BCUT2D eigenvalue weighted by molar-refractivity contribution is 14.1. The van der Waals surface area contributed by atoms with E-state index in [2.05, 4.69) is 321 Å². The Bertz CT molecular complexity index is 4280. The second-order valence-electron chi connectivity index (χ2n) is 22.4. The van der Waals surface area contributed by atoms with Gasteiger partial charge in [-0.3, -0.25) is 0 Å². The van der Waals surface area contributed by atoms with E-state index in [0.717, 1.165) is 146 Å². The molecule has 0 fully saturated rings. The Morgan fingerprint density at radius 2 is 0.786 bits per heavy atom. The van der Waals surface area contributed by atoms with Crippen LogP contribution < -0.4 is 61.9 Å². The van der Waals surface area contributed by atoms with Crippen molar-refractivity contribution in [3.8, 4) is 23.0 Å². The van der Waals surface area contributed by atoms with E-state index < -0.39 is 0 Å². The van der Waals surface area contributed by atoms with Crippen LogP contribution in [0.5, 0.6) is 23.0 Å². The molecular weight excluding hydrogens is 1250 g/mol. The largest absolute Gasteiger partial charge is 0.458 e. The lowest BCUT2D eigenvalue weighted by molar-refractivity contribution is 0.465. The lowest BCUT2D eigenvalue weighted by Gasteiger charge is -2.45. The smallest absolute Gasteiger partial charge is 0.260 e. The van der Waals surface area contributed by atoms with E-state index >= 15 is 0 Å². The molecule has 0 unspecified atom stereocenters. The number of nitrogens with zero attached hydrogens (tertiary/aromatic N) is 4. The zero-order valence-corrected chi connectivity index (χ0v) is 51.2. The number of anilines is 12. The number of halogens is 2. The third-order valence-electron chi connectivity index (χ3n) is 17.2. The van der Waals surface area contributed by atoms with Crippen molar-refractivity contribution >= 4 is 160 Å². The van der Waals surface area contributed by atoms with Crippen molar-refractivity contribution in [3.05, 3.63) is 261 Å². The number of hydrogen-bond acceptors (Lipinski definition) is 6. The minimum atomic E-state index is -0.170. The van der Waals surface area contributed by atoms with Crippen LogP contribution in [0.3, 0.4) is 0 Å². The van der Waals surface area contributed by atoms with Gasteiger partial charge in [-0.15, -0.1) is 0 Å². The molecule has 4 heterocycles. The van der Waals surface area contributed by atoms with Crippen LogP contribution in [0.4, 0.5) is 68.2 Å². The summed E-state index contributed by atoms with van der Waals surface area (Å²) in [6, 6.07) is 89.7. The van der Waals surface area contributed by atoms with Gasteiger partial charge in [0.1, 0.15) is 23.0 Å². The summed E-state index contributed by atoms with van der Waals surface area (Å²) < 4.78 is 17.0. The molecule has 0 radical (unpaired) electrons. The predicted molar refractivity (Wildman–Crippen MR) is 370 cm³/mol. The van der Waals surface area contributed by atoms with Crippen LogP contribution in [0, 0.1) is 7.14 Å². The fourth-order valence-electron chi connectivity index (χ4n) is 13.3. The van der Waals surface area contributed by atoms with Gasteiger partial charge in [-0.1, -0.05) is 130 Å². The molecule has 0 N–H and O–H groups in total. The molecule has 0 amide bonds. The topological polar surface area (TPSA) is 31.4 Å². The minimum absolute atomic E-state index is 0.140. The molecular formula is C74H58B2I2N4O2. The predicted octanol–water partition coefficient (Wildman–Crippen LogP) is 17.3. The fourth-order valence-corrected chi connectivity index (χ4v) is 14.0. The number of para-hydroxylation sites is 4. The molecule has 15 rings (SSSR count). The van der Waals surface area contributed by atoms with Crippen molar-refractivity contribution in [1.29, 1.82) is 0 Å². The van der Waals surface area contributed by atoms with Crippen LogP contribution in [0.15, 0.2) is 243 Å². The molecule has 6 nitrogen and oxygen atoms in total. The Kier molecular flexibility index (Phi) is 13.8. The summed E-state index contributed by atoms with van der Waals surface area (Å²) >= 11 is 4.82. The van der Waals surface area contributed by atoms with Crippen LogP contribution >= 0.6 is 45.2 Å². The number of rotatable bonds is 14. The van der Waals surface area contributed by atoms with Gasteiger partial charge >= 0.3 is 0 Å². The highest BCUT2D eigenvalue weighted by Gasteiger charge is 2.47. The van der Waals surface area contributed by atoms with E-state index in [0.29, 0.717) is 0 Å². The van der Waals surface area contributed by atoms with Gasteiger partial charge in [0.15, 0.2) is 0 Å². The first-order valence-corrected chi connectivity index (χ1v) is 31.6. The molecule has 11 aromatic carbocycles. The maximum atomic E-state index is 7.54. The Morgan fingerprint density at radius 3 is 1.32 bits per heavy atom. The quantitative estimate of drug-likeness (QED) is 0.0797. The summed E-state index contributed by atoms with van der Waals surface area (Å²) in [5.74, 6) is 3.26. The van der Waals surface area contributed by atoms with Crippen molar-refractivity contribution in [2.75, 3.05) is 19.6 Å². The van der Waals surface area contributed by atoms with E-state index in [1.165, 1.54) is 34.7 Å². The normalized spacial score (nSPS) is 12.9. The number of unbranched alkanes of at least 4 members (excludes halogenated alkanes) is 2. The highest BCUT2D eigenvalue weighted by atomic mass is 127. The molecule has 0 saturated carbocycles. The zero-order valence-electron chi connectivity index (χ0n) is 46.9. The Labute approximate surface area is 520 Å². The summed E-state index contributed by atoms with van der Waals surface area (Å²) in [6.07, 6.45) is 6.76. The molecule has 4 aliphatic rings. The summed E-state index contributed by atoms with van der Waals surface area (Å²) in [5, 5.41) is 0. The molecule has 0 saturated heterocycles. The van der Waals surface area contributed by atoms with Crippen LogP contribution in [-0.2, 0) is 12.8 Å². The molecule has 406 valence electrons. The number of hydrogen-bond donors (Lipinski definition) is 0. The van der Waals surface area contributed by atoms with Gasteiger partial charge in [0.05, 0.1) is 11.4 Å². The maximum Gasteiger partial charge on any atom is 0.260 e. The maximum absolute atomic E-state index is 7.54. The summed E-state index contributed by atoms with van der Waals surface area (Å²) in [5.41, 5.74) is 22.7. The average molecular weight is 1310 g/mol. The van der Waals surface area contributed by atoms with Crippen molar-refractivity contribution in [1.82, 2.24) is 0 Å². The summed E-state index contributed by atoms with van der Waals surface area (Å²) in [6.45, 7) is 4.21. The fraction of sp³-hybridized carbons (Fsp3) is 0.108. The van der Waals surface area contributed by atoms with Gasteiger partial charge in [0.25, 0.3) is 13.4 Å². The Hall–Kier alpha value is -8.19. The standard InChI is InChI=1S/C74H58B2I2N4O2/c1-3-5-17-49-27-35-55(36-28-49)79(57-39-31-51(77)32-40-57)59-43-67-73-68(44-59)82(54-21-11-8-12-22-54)66-48-70-64(47-63(66)75(73)61-23-13-15-25-65(61)81(67)53-19-9-7-10-20-53)76-62-24-14-16-26-69(62)83-71-45-60(46-72(84-70)74(71)76)80(58-41-33-52(78)34-42-58)56-37-29-50(30-38-56)18-6-4-2/h7-16,19-48H,3-6,17-18H2,1-2H3. The van der Waals surface area contributed by atoms with Gasteiger partial charge < -0.3 is 29.1 Å². The third-order valence-corrected chi connectivity index (χ3v) is 18.6. The van der Waals surface area contributed by atoms with Crippen LogP contribution in [0.1, 0.15) is 50.7 Å². The summed E-state index contributed by atoms with van der Waals surface area (Å²) in [4.78, 5) is 9.79. The molecule has 10 heteroatoms. The molecule has 11 aromatic rings. The first-order chi connectivity index (χ1) is 41.4. The van der Waals surface area contributed by atoms with Crippen molar-refractivity contribution in [2.24, 2.45) is 0 Å². The van der Waals surface area contributed by atoms with E-state index in [4.69, 9.17) is 9.47 Å². The molecule has 0 spiro atoms. The SMILES string of the molecule is CCCCc1ccc(N(c2ccc(I)cc2)c2cc3c4c(c2)Oc2cc5c(cc2B4c2ccccc2O3)B2c3ccccc3N(c3ccccc3)c3cc(N(c4ccc(I)cc4)c4ccc(CCCC)cc4)cc(c32)N5c2ccccc2)cc1. The van der Waals surface area contributed by atoms with Gasteiger partial charge in [-0.05, 0) is 231 Å².